The summed E-state index contributed by atoms with van der Waals surface area (Å²) in [6.45, 7) is -0.140. The van der Waals surface area contributed by atoms with E-state index in [9.17, 15) is 23.6 Å². The Morgan fingerprint density at radius 3 is 2.60 bits per heavy atom. The molecule has 9 heteroatoms. The second-order valence-corrected chi connectivity index (χ2v) is 7.42. The lowest BCUT2D eigenvalue weighted by Crippen LogP contribution is -2.47. The predicted octanol–water partition coefficient (Wildman–Crippen LogP) is 1.55. The number of halogens is 1. The van der Waals surface area contributed by atoms with Crippen molar-refractivity contribution in [3.05, 3.63) is 32.8 Å². The minimum atomic E-state index is -4.05. The molecule has 0 spiro atoms. The molecule has 0 saturated heterocycles. The number of nitrogens with one attached hydrogen (secondary N) is 1. The number of benzene rings is 1. The summed E-state index contributed by atoms with van der Waals surface area (Å²) in [6, 6.07) is 3.69. The van der Waals surface area contributed by atoms with E-state index in [1.54, 1.807) is 0 Å². The van der Waals surface area contributed by atoms with Crippen molar-refractivity contribution in [3.8, 4) is 0 Å². The van der Waals surface area contributed by atoms with E-state index in [4.69, 9.17) is 0 Å². The first-order valence-electron chi connectivity index (χ1n) is 5.90. The van der Waals surface area contributed by atoms with Gasteiger partial charge in [-0.3, -0.25) is 10.1 Å². The summed E-state index contributed by atoms with van der Waals surface area (Å²) in [5, 5.41) is 20.8. The molecule has 1 aliphatic rings. The Morgan fingerprint density at radius 1 is 1.45 bits per heavy atom. The largest absolute Gasteiger partial charge is 0.389 e. The van der Waals surface area contributed by atoms with E-state index in [2.05, 4.69) is 20.7 Å². The van der Waals surface area contributed by atoms with Gasteiger partial charge in [0.2, 0.25) is 10.0 Å². The van der Waals surface area contributed by atoms with Gasteiger partial charge < -0.3 is 5.11 Å². The number of sulfonamides is 1. The Hall–Kier alpha value is -1.03. The lowest BCUT2D eigenvalue weighted by atomic mass is 9.81. The third-order valence-corrected chi connectivity index (χ3v) is 5.21. The van der Waals surface area contributed by atoms with Crippen LogP contribution in [0.3, 0.4) is 0 Å². The van der Waals surface area contributed by atoms with Gasteiger partial charge in [-0.05, 0) is 31.4 Å². The molecule has 1 aromatic carbocycles. The molecule has 0 radical (unpaired) electrons. The number of aliphatic hydroxyl groups is 1. The Kier molecular flexibility index (Phi) is 4.14. The fourth-order valence-electron chi connectivity index (χ4n) is 1.92. The molecule has 1 aromatic rings. The zero-order valence-corrected chi connectivity index (χ0v) is 12.8. The highest BCUT2D eigenvalue weighted by Gasteiger charge is 2.36. The van der Waals surface area contributed by atoms with E-state index in [1.807, 2.05) is 0 Å². The average molecular weight is 365 g/mol. The minimum absolute atomic E-state index is 0.140. The molecule has 110 valence electrons. The zero-order valence-electron chi connectivity index (χ0n) is 10.4. The summed E-state index contributed by atoms with van der Waals surface area (Å²) in [5.41, 5.74) is -1.53. The lowest BCUT2D eigenvalue weighted by molar-refractivity contribution is -0.387. The first-order valence-corrected chi connectivity index (χ1v) is 8.17. The number of rotatable bonds is 5. The van der Waals surface area contributed by atoms with Crippen molar-refractivity contribution < 1.29 is 18.4 Å². The van der Waals surface area contributed by atoms with Crippen LogP contribution in [-0.2, 0) is 10.0 Å². The molecule has 2 N–H and O–H groups in total. The van der Waals surface area contributed by atoms with Crippen LogP contribution >= 0.6 is 15.9 Å². The molecule has 20 heavy (non-hydrogen) atoms. The number of hydrogen-bond acceptors (Lipinski definition) is 5. The van der Waals surface area contributed by atoms with Gasteiger partial charge in [0.15, 0.2) is 4.90 Å². The van der Waals surface area contributed by atoms with Crippen LogP contribution in [0.2, 0.25) is 0 Å². The molecule has 0 aliphatic heterocycles. The van der Waals surface area contributed by atoms with Crippen LogP contribution in [0.4, 0.5) is 5.69 Å². The SMILES string of the molecule is O=[N+]([O-])c1ccc(Br)cc1S(=O)(=O)NCC1(O)CCC1. The van der Waals surface area contributed by atoms with Crippen LogP contribution in [0, 0.1) is 10.1 Å². The van der Waals surface area contributed by atoms with Gasteiger partial charge in [0, 0.05) is 17.1 Å². The number of nitro benzene ring substituents is 1. The van der Waals surface area contributed by atoms with Crippen molar-refractivity contribution in [1.82, 2.24) is 4.72 Å². The molecule has 1 fully saturated rings. The van der Waals surface area contributed by atoms with Crippen molar-refractivity contribution in [1.29, 1.82) is 0 Å². The summed E-state index contributed by atoms with van der Waals surface area (Å²) in [7, 11) is -4.05. The van der Waals surface area contributed by atoms with Gasteiger partial charge in [-0.25, -0.2) is 13.1 Å². The van der Waals surface area contributed by atoms with Gasteiger partial charge in [-0.2, -0.15) is 0 Å². The molecule has 7 nitrogen and oxygen atoms in total. The van der Waals surface area contributed by atoms with Crippen molar-refractivity contribution in [3.63, 3.8) is 0 Å². The van der Waals surface area contributed by atoms with Crippen molar-refractivity contribution in [2.24, 2.45) is 0 Å². The third-order valence-electron chi connectivity index (χ3n) is 3.28. The molecular weight excluding hydrogens is 352 g/mol. The van der Waals surface area contributed by atoms with E-state index in [0.717, 1.165) is 12.5 Å². The van der Waals surface area contributed by atoms with E-state index in [0.29, 0.717) is 17.3 Å². The zero-order chi connectivity index (χ0) is 15.0. The Balaban J connectivity index is 2.28. The van der Waals surface area contributed by atoms with Crippen LogP contribution in [0.25, 0.3) is 0 Å². The number of nitro groups is 1. The molecule has 0 unspecified atom stereocenters. The summed E-state index contributed by atoms with van der Waals surface area (Å²) in [6.07, 6.45) is 1.89. The first kappa shape index (κ1) is 15.4. The van der Waals surface area contributed by atoms with Crippen molar-refractivity contribution in [2.75, 3.05) is 6.54 Å². The fraction of sp³-hybridized carbons (Fsp3) is 0.455. The molecule has 2 rings (SSSR count). The molecular formula is C11H13BrN2O5S. The average Bonchev–Trinajstić information content (AvgIpc) is 2.33. The summed E-state index contributed by atoms with van der Waals surface area (Å²) >= 11 is 3.09. The van der Waals surface area contributed by atoms with Crippen LogP contribution in [0.15, 0.2) is 27.6 Å². The molecule has 0 heterocycles. The summed E-state index contributed by atoms with van der Waals surface area (Å²) in [5.74, 6) is 0. The van der Waals surface area contributed by atoms with E-state index in [1.165, 1.54) is 12.1 Å². The Labute approximate surface area is 124 Å². The number of hydrogen-bond donors (Lipinski definition) is 2. The predicted molar refractivity (Wildman–Crippen MR) is 74.8 cm³/mol. The maximum Gasteiger partial charge on any atom is 0.289 e. The van der Waals surface area contributed by atoms with Crippen LogP contribution < -0.4 is 4.72 Å². The van der Waals surface area contributed by atoms with Gasteiger partial charge in [-0.15, -0.1) is 0 Å². The fourth-order valence-corrected chi connectivity index (χ4v) is 3.75. The standard InChI is InChI=1S/C11H13BrN2O5S/c12-8-2-3-9(14(16)17)10(6-8)20(18,19)13-7-11(15)4-1-5-11/h2-3,6,13,15H,1,4-5,7H2. The maximum atomic E-state index is 12.1. The van der Waals surface area contributed by atoms with Gasteiger partial charge >= 0.3 is 0 Å². The van der Waals surface area contributed by atoms with Crippen LogP contribution in [-0.4, -0.2) is 30.6 Å². The third kappa shape index (κ3) is 3.17. The minimum Gasteiger partial charge on any atom is -0.389 e. The molecule has 0 atom stereocenters. The van der Waals surface area contributed by atoms with Gasteiger partial charge in [-0.1, -0.05) is 15.9 Å². The first-order chi connectivity index (χ1) is 9.23. The maximum absolute atomic E-state index is 12.1. The second kappa shape index (κ2) is 5.40. The highest BCUT2D eigenvalue weighted by molar-refractivity contribution is 9.10. The summed E-state index contributed by atoms with van der Waals surface area (Å²) in [4.78, 5) is 9.73. The molecule has 0 amide bonds. The normalized spacial score (nSPS) is 17.5. The molecule has 1 saturated carbocycles. The molecule has 0 aromatic heterocycles. The van der Waals surface area contributed by atoms with Crippen molar-refractivity contribution >= 4 is 31.6 Å². The second-order valence-electron chi connectivity index (χ2n) is 4.77. The smallest absolute Gasteiger partial charge is 0.289 e. The highest BCUT2D eigenvalue weighted by atomic mass is 79.9. The van der Waals surface area contributed by atoms with Gasteiger partial charge in [0.25, 0.3) is 5.69 Å². The quantitative estimate of drug-likeness (QED) is 0.608. The Morgan fingerprint density at radius 2 is 2.10 bits per heavy atom. The molecule has 1 aliphatic carbocycles. The highest BCUT2D eigenvalue weighted by Crippen LogP contribution is 2.32. The van der Waals surface area contributed by atoms with E-state index in [-0.39, 0.29) is 6.54 Å². The molecule has 0 bridgehead atoms. The van der Waals surface area contributed by atoms with Crippen LogP contribution in [0.1, 0.15) is 19.3 Å². The van der Waals surface area contributed by atoms with Gasteiger partial charge in [0.05, 0.1) is 10.5 Å². The lowest BCUT2D eigenvalue weighted by Gasteiger charge is -2.36. The Bertz CT molecular complexity index is 642. The monoisotopic (exact) mass is 364 g/mol. The summed E-state index contributed by atoms with van der Waals surface area (Å²) < 4.78 is 27.0. The topological polar surface area (TPSA) is 110 Å². The number of nitrogens with zero attached hydrogens (tertiary/aromatic N) is 1. The van der Waals surface area contributed by atoms with E-state index < -0.39 is 31.1 Å². The van der Waals surface area contributed by atoms with Crippen molar-refractivity contribution in [2.45, 2.75) is 29.8 Å². The van der Waals surface area contributed by atoms with Gasteiger partial charge in [0.1, 0.15) is 0 Å². The van der Waals surface area contributed by atoms with E-state index >= 15 is 0 Å². The van der Waals surface area contributed by atoms with Crippen LogP contribution in [0.5, 0.6) is 0 Å².